The molecule has 5 nitrogen and oxygen atoms in total. The van der Waals surface area contributed by atoms with E-state index in [1.807, 2.05) is 19.1 Å². The molecule has 7 heteroatoms. The molecule has 0 radical (unpaired) electrons. The SMILES string of the molecule is Cc1ccc(S(=O)(=O)Nc2ccc(NCc3ccccc3C)nc2)s1. The van der Waals surface area contributed by atoms with Gasteiger partial charge in [-0.05, 0) is 49.2 Å². The molecule has 0 aliphatic heterocycles. The van der Waals surface area contributed by atoms with Gasteiger partial charge in [-0.25, -0.2) is 13.4 Å². The van der Waals surface area contributed by atoms with Crippen LogP contribution in [-0.4, -0.2) is 13.4 Å². The van der Waals surface area contributed by atoms with E-state index in [-0.39, 0.29) is 0 Å². The van der Waals surface area contributed by atoms with Gasteiger partial charge in [0.05, 0.1) is 11.9 Å². The monoisotopic (exact) mass is 373 g/mol. The molecule has 3 rings (SSSR count). The van der Waals surface area contributed by atoms with Crippen LogP contribution in [0.1, 0.15) is 16.0 Å². The smallest absolute Gasteiger partial charge is 0.271 e. The van der Waals surface area contributed by atoms with Gasteiger partial charge in [0.1, 0.15) is 10.0 Å². The molecule has 25 heavy (non-hydrogen) atoms. The van der Waals surface area contributed by atoms with Crippen molar-refractivity contribution in [1.82, 2.24) is 4.98 Å². The molecule has 3 aromatic rings. The lowest BCUT2D eigenvalue weighted by Gasteiger charge is -2.10. The maximum atomic E-state index is 12.3. The van der Waals surface area contributed by atoms with Crippen molar-refractivity contribution in [3.8, 4) is 0 Å². The van der Waals surface area contributed by atoms with Gasteiger partial charge < -0.3 is 5.32 Å². The van der Waals surface area contributed by atoms with Crippen LogP contribution in [0, 0.1) is 13.8 Å². The molecule has 0 atom stereocenters. The topological polar surface area (TPSA) is 71.1 Å². The van der Waals surface area contributed by atoms with Gasteiger partial charge in [-0.15, -0.1) is 11.3 Å². The number of thiophene rings is 1. The van der Waals surface area contributed by atoms with Crippen molar-refractivity contribution in [3.63, 3.8) is 0 Å². The fourth-order valence-corrected chi connectivity index (χ4v) is 4.64. The standard InChI is InChI=1S/C18H19N3O2S2/c1-13-5-3-4-6-15(13)11-19-17-9-8-16(12-20-17)21-25(22,23)18-10-7-14(2)24-18/h3-10,12,21H,11H2,1-2H3,(H,19,20). The molecule has 2 heterocycles. The van der Waals surface area contributed by atoms with Gasteiger partial charge >= 0.3 is 0 Å². The predicted octanol–water partition coefficient (Wildman–Crippen LogP) is 4.17. The fraction of sp³-hybridized carbons (Fsp3) is 0.167. The lowest BCUT2D eigenvalue weighted by molar-refractivity contribution is 0.603. The van der Waals surface area contributed by atoms with E-state index in [1.54, 1.807) is 24.3 Å². The minimum absolute atomic E-state index is 0.298. The molecule has 0 unspecified atom stereocenters. The second-order valence-electron chi connectivity index (χ2n) is 5.68. The van der Waals surface area contributed by atoms with Gasteiger partial charge in [0.2, 0.25) is 0 Å². The van der Waals surface area contributed by atoms with E-state index in [2.05, 4.69) is 34.1 Å². The maximum absolute atomic E-state index is 12.3. The average Bonchev–Trinajstić information content (AvgIpc) is 3.03. The van der Waals surface area contributed by atoms with E-state index in [1.165, 1.54) is 28.7 Å². The first-order valence-corrected chi connectivity index (χ1v) is 10.1. The van der Waals surface area contributed by atoms with Gasteiger partial charge in [0, 0.05) is 11.4 Å². The zero-order chi connectivity index (χ0) is 17.9. The Morgan fingerprint density at radius 3 is 2.48 bits per heavy atom. The highest BCUT2D eigenvalue weighted by molar-refractivity contribution is 7.94. The molecular weight excluding hydrogens is 354 g/mol. The Morgan fingerprint density at radius 1 is 1.04 bits per heavy atom. The zero-order valence-electron chi connectivity index (χ0n) is 14.0. The Balaban J connectivity index is 1.65. The first-order valence-electron chi connectivity index (χ1n) is 7.78. The Bertz CT molecular complexity index is 964. The molecule has 0 spiro atoms. The van der Waals surface area contributed by atoms with Crippen LogP contribution in [0.5, 0.6) is 0 Å². The van der Waals surface area contributed by atoms with Gasteiger partial charge in [-0.3, -0.25) is 4.72 Å². The summed E-state index contributed by atoms with van der Waals surface area (Å²) in [5.74, 6) is 0.693. The highest BCUT2D eigenvalue weighted by Gasteiger charge is 2.16. The summed E-state index contributed by atoms with van der Waals surface area (Å²) in [5, 5.41) is 3.24. The Labute approximate surface area is 151 Å². The Hall–Kier alpha value is -2.38. The third kappa shape index (κ3) is 4.37. The van der Waals surface area contributed by atoms with Crippen LogP contribution in [0.3, 0.4) is 0 Å². The number of nitrogens with zero attached hydrogens (tertiary/aromatic N) is 1. The second-order valence-corrected chi connectivity index (χ2v) is 8.88. The van der Waals surface area contributed by atoms with Crippen LogP contribution in [0.15, 0.2) is 58.9 Å². The number of hydrogen-bond donors (Lipinski definition) is 2. The van der Waals surface area contributed by atoms with Crippen LogP contribution in [0.2, 0.25) is 0 Å². The maximum Gasteiger partial charge on any atom is 0.271 e. The minimum atomic E-state index is -3.56. The van der Waals surface area contributed by atoms with E-state index in [0.717, 1.165) is 4.88 Å². The summed E-state index contributed by atoms with van der Waals surface area (Å²) in [6.45, 7) is 4.61. The molecule has 2 aromatic heterocycles. The largest absolute Gasteiger partial charge is 0.366 e. The first-order chi connectivity index (χ1) is 11.9. The quantitative estimate of drug-likeness (QED) is 0.680. The van der Waals surface area contributed by atoms with E-state index >= 15 is 0 Å². The lowest BCUT2D eigenvalue weighted by atomic mass is 10.1. The Morgan fingerprint density at radius 2 is 1.84 bits per heavy atom. The summed E-state index contributed by atoms with van der Waals surface area (Å²) in [6.07, 6.45) is 1.51. The van der Waals surface area contributed by atoms with Gasteiger partial charge in [-0.1, -0.05) is 24.3 Å². The van der Waals surface area contributed by atoms with Gasteiger partial charge in [-0.2, -0.15) is 0 Å². The van der Waals surface area contributed by atoms with Crippen LogP contribution in [0.4, 0.5) is 11.5 Å². The molecule has 0 aliphatic carbocycles. The molecule has 130 valence electrons. The number of nitrogens with one attached hydrogen (secondary N) is 2. The predicted molar refractivity (Wildman–Crippen MR) is 103 cm³/mol. The average molecular weight is 374 g/mol. The summed E-state index contributed by atoms with van der Waals surface area (Å²) < 4.78 is 27.5. The van der Waals surface area contributed by atoms with Crippen molar-refractivity contribution in [3.05, 3.63) is 70.7 Å². The Kier molecular flexibility index (Phi) is 5.06. The number of rotatable bonds is 6. The first kappa shape index (κ1) is 17.4. The number of benzene rings is 1. The molecule has 0 saturated heterocycles. The van der Waals surface area contributed by atoms with E-state index < -0.39 is 10.0 Å². The number of aryl methyl sites for hydroxylation is 2. The normalized spacial score (nSPS) is 11.3. The molecule has 0 amide bonds. The molecule has 0 aliphatic rings. The van der Waals surface area contributed by atoms with Crippen molar-refractivity contribution < 1.29 is 8.42 Å². The molecule has 0 fully saturated rings. The van der Waals surface area contributed by atoms with E-state index in [9.17, 15) is 8.42 Å². The zero-order valence-corrected chi connectivity index (χ0v) is 15.6. The highest BCUT2D eigenvalue weighted by atomic mass is 32.2. The molecular formula is C18H19N3O2S2. The number of aromatic nitrogens is 1. The van der Waals surface area contributed by atoms with Crippen molar-refractivity contribution in [2.24, 2.45) is 0 Å². The molecule has 0 saturated carbocycles. The van der Waals surface area contributed by atoms with Crippen LogP contribution in [0.25, 0.3) is 0 Å². The van der Waals surface area contributed by atoms with Crippen molar-refractivity contribution in [2.75, 3.05) is 10.0 Å². The minimum Gasteiger partial charge on any atom is -0.366 e. The number of anilines is 2. The number of sulfonamides is 1. The lowest BCUT2D eigenvalue weighted by Crippen LogP contribution is -2.11. The third-order valence-corrected chi connectivity index (χ3v) is 6.59. The van der Waals surface area contributed by atoms with Gasteiger partial charge in [0.25, 0.3) is 10.0 Å². The van der Waals surface area contributed by atoms with E-state index in [0.29, 0.717) is 22.3 Å². The molecule has 0 bridgehead atoms. The molecule has 2 N–H and O–H groups in total. The highest BCUT2D eigenvalue weighted by Crippen LogP contribution is 2.23. The summed E-state index contributed by atoms with van der Waals surface area (Å²) >= 11 is 1.24. The number of hydrogen-bond acceptors (Lipinski definition) is 5. The van der Waals surface area contributed by atoms with Crippen LogP contribution < -0.4 is 10.0 Å². The third-order valence-electron chi connectivity index (χ3n) is 3.72. The van der Waals surface area contributed by atoms with Gasteiger partial charge in [0.15, 0.2) is 0 Å². The second kappa shape index (κ2) is 7.25. The fourth-order valence-electron chi connectivity index (χ4n) is 2.32. The van der Waals surface area contributed by atoms with Crippen LogP contribution in [-0.2, 0) is 16.6 Å². The summed E-state index contributed by atoms with van der Waals surface area (Å²) in [7, 11) is -3.56. The van der Waals surface area contributed by atoms with Crippen LogP contribution >= 0.6 is 11.3 Å². The molecule has 1 aromatic carbocycles. The van der Waals surface area contributed by atoms with Crippen molar-refractivity contribution in [1.29, 1.82) is 0 Å². The van der Waals surface area contributed by atoms with E-state index in [4.69, 9.17) is 0 Å². The van der Waals surface area contributed by atoms with Crippen molar-refractivity contribution >= 4 is 32.9 Å². The summed E-state index contributed by atoms with van der Waals surface area (Å²) in [6, 6.07) is 15.0. The summed E-state index contributed by atoms with van der Waals surface area (Å²) in [5.41, 5.74) is 2.85. The summed E-state index contributed by atoms with van der Waals surface area (Å²) in [4.78, 5) is 5.22. The number of pyridine rings is 1. The van der Waals surface area contributed by atoms with Crippen molar-refractivity contribution in [2.45, 2.75) is 24.6 Å².